The van der Waals surface area contributed by atoms with Crippen LogP contribution in [-0.4, -0.2) is 23.8 Å². The molecule has 1 aromatic heterocycles. The van der Waals surface area contributed by atoms with Gasteiger partial charge in [0.15, 0.2) is 5.78 Å². The van der Waals surface area contributed by atoms with Gasteiger partial charge < -0.3 is 4.74 Å². The molecular formula is C13H14BrNO3. The van der Waals surface area contributed by atoms with Gasteiger partial charge in [-0.15, -0.1) is 0 Å². The average molecular weight is 312 g/mol. The smallest absolute Gasteiger partial charge is 0.309 e. The maximum atomic E-state index is 12.3. The monoisotopic (exact) mass is 311 g/mol. The minimum atomic E-state index is -0.312. The first-order chi connectivity index (χ1) is 8.63. The third-order valence-electron chi connectivity index (χ3n) is 3.34. The van der Waals surface area contributed by atoms with E-state index >= 15 is 0 Å². The second-order valence-corrected chi connectivity index (χ2v) is 5.31. The Bertz CT molecular complexity index is 458. The van der Waals surface area contributed by atoms with E-state index in [1.807, 2.05) is 0 Å². The van der Waals surface area contributed by atoms with Crippen molar-refractivity contribution >= 4 is 27.7 Å². The summed E-state index contributed by atoms with van der Waals surface area (Å²) in [6.07, 6.45) is 3.93. The lowest BCUT2D eigenvalue weighted by molar-refractivity contribution is -0.146. The fraction of sp³-hybridized carbons (Fsp3) is 0.462. The summed E-state index contributed by atoms with van der Waals surface area (Å²) in [5.74, 6) is -0.947. The van der Waals surface area contributed by atoms with E-state index < -0.39 is 0 Å². The summed E-state index contributed by atoms with van der Waals surface area (Å²) in [6, 6.07) is 3.46. The Balaban J connectivity index is 2.17. The number of carbonyl (C=O) groups is 2. The minimum Gasteiger partial charge on any atom is -0.469 e. The first-order valence-electron chi connectivity index (χ1n) is 5.87. The maximum Gasteiger partial charge on any atom is 0.309 e. The number of carbonyl (C=O) groups excluding carboxylic acids is 2. The molecule has 1 saturated carbocycles. The molecule has 96 valence electrons. The third kappa shape index (κ3) is 2.61. The summed E-state index contributed by atoms with van der Waals surface area (Å²) in [4.78, 5) is 28.0. The molecule has 0 saturated heterocycles. The van der Waals surface area contributed by atoms with Crippen molar-refractivity contribution < 1.29 is 14.3 Å². The molecule has 1 aliphatic rings. The van der Waals surface area contributed by atoms with Gasteiger partial charge in [-0.2, -0.15) is 0 Å². The summed E-state index contributed by atoms with van der Waals surface area (Å²) in [5.41, 5.74) is 0.416. The number of hydrogen-bond donors (Lipinski definition) is 0. The van der Waals surface area contributed by atoms with Crippen molar-refractivity contribution in [2.24, 2.45) is 11.8 Å². The molecule has 0 aliphatic heterocycles. The fourth-order valence-corrected chi connectivity index (χ4v) is 2.65. The number of esters is 1. The zero-order chi connectivity index (χ0) is 13.1. The molecule has 4 nitrogen and oxygen atoms in total. The number of nitrogens with zero attached hydrogens (tertiary/aromatic N) is 1. The lowest BCUT2D eigenvalue weighted by Gasteiger charge is -2.15. The number of halogens is 1. The largest absolute Gasteiger partial charge is 0.469 e. The SMILES string of the molecule is COC(=O)C1CCCC1C(=O)c1ccc(Br)cn1. The highest BCUT2D eigenvalue weighted by Gasteiger charge is 2.39. The van der Waals surface area contributed by atoms with Crippen molar-refractivity contribution in [1.82, 2.24) is 4.98 Å². The lowest BCUT2D eigenvalue weighted by atomic mass is 9.90. The summed E-state index contributed by atoms with van der Waals surface area (Å²) in [6.45, 7) is 0. The van der Waals surface area contributed by atoms with Crippen LogP contribution in [-0.2, 0) is 9.53 Å². The number of aromatic nitrogens is 1. The number of rotatable bonds is 3. The van der Waals surface area contributed by atoms with Crippen LogP contribution in [0.1, 0.15) is 29.8 Å². The molecule has 2 rings (SSSR count). The molecule has 0 bridgehead atoms. The highest BCUT2D eigenvalue weighted by Crippen LogP contribution is 2.34. The van der Waals surface area contributed by atoms with Crippen molar-refractivity contribution in [2.75, 3.05) is 7.11 Å². The molecule has 1 fully saturated rings. The Morgan fingerprint density at radius 3 is 2.67 bits per heavy atom. The second kappa shape index (κ2) is 5.61. The lowest BCUT2D eigenvalue weighted by Crippen LogP contribution is -2.27. The van der Waals surface area contributed by atoms with Gasteiger partial charge >= 0.3 is 5.97 Å². The normalized spacial score (nSPS) is 22.8. The van der Waals surface area contributed by atoms with E-state index in [1.54, 1.807) is 18.3 Å². The van der Waals surface area contributed by atoms with Crippen LogP contribution < -0.4 is 0 Å². The zero-order valence-corrected chi connectivity index (χ0v) is 11.6. The maximum absolute atomic E-state index is 12.3. The van der Waals surface area contributed by atoms with E-state index in [9.17, 15) is 9.59 Å². The van der Waals surface area contributed by atoms with Crippen molar-refractivity contribution in [3.63, 3.8) is 0 Å². The van der Waals surface area contributed by atoms with Crippen LogP contribution in [0.3, 0.4) is 0 Å². The van der Waals surface area contributed by atoms with Gasteiger partial charge in [0.2, 0.25) is 0 Å². The van der Waals surface area contributed by atoms with Crippen LogP contribution in [0.2, 0.25) is 0 Å². The molecule has 0 aromatic carbocycles. The first-order valence-corrected chi connectivity index (χ1v) is 6.66. The van der Waals surface area contributed by atoms with Crippen molar-refractivity contribution in [1.29, 1.82) is 0 Å². The van der Waals surface area contributed by atoms with Crippen LogP contribution in [0.4, 0.5) is 0 Å². The number of Topliss-reactive ketones (excluding diaryl/α,β-unsaturated/α-hetero) is 1. The molecule has 0 N–H and O–H groups in total. The minimum absolute atomic E-state index is 0.0598. The molecule has 5 heteroatoms. The van der Waals surface area contributed by atoms with E-state index in [-0.39, 0.29) is 23.6 Å². The van der Waals surface area contributed by atoms with E-state index in [0.717, 1.165) is 23.7 Å². The van der Waals surface area contributed by atoms with Crippen LogP contribution in [0.15, 0.2) is 22.8 Å². The standard InChI is InChI=1S/C13H14BrNO3/c1-18-13(17)10-4-2-3-9(10)12(16)11-6-5-8(14)7-15-11/h5-7,9-10H,2-4H2,1H3. The van der Waals surface area contributed by atoms with Crippen LogP contribution in [0, 0.1) is 11.8 Å². The first kappa shape index (κ1) is 13.2. The van der Waals surface area contributed by atoms with Gasteiger partial charge in [0.05, 0.1) is 13.0 Å². The zero-order valence-electron chi connectivity index (χ0n) is 10.1. The second-order valence-electron chi connectivity index (χ2n) is 4.39. The van der Waals surface area contributed by atoms with Gasteiger partial charge in [-0.3, -0.25) is 14.6 Å². The van der Waals surface area contributed by atoms with Gasteiger partial charge in [0, 0.05) is 16.6 Å². The topological polar surface area (TPSA) is 56.3 Å². The van der Waals surface area contributed by atoms with E-state index in [4.69, 9.17) is 4.74 Å². The Hall–Kier alpha value is -1.23. The van der Waals surface area contributed by atoms with Gasteiger partial charge in [-0.1, -0.05) is 6.42 Å². The molecular weight excluding hydrogens is 298 g/mol. The Labute approximate surface area is 114 Å². The molecule has 1 heterocycles. The molecule has 0 amide bonds. The number of methoxy groups -OCH3 is 1. The molecule has 0 spiro atoms. The quantitative estimate of drug-likeness (QED) is 0.636. The van der Waals surface area contributed by atoms with Crippen molar-refractivity contribution in [3.8, 4) is 0 Å². The van der Waals surface area contributed by atoms with Crippen LogP contribution in [0.5, 0.6) is 0 Å². The van der Waals surface area contributed by atoms with Crippen molar-refractivity contribution in [2.45, 2.75) is 19.3 Å². The predicted octanol–water partition coefficient (Wildman–Crippen LogP) is 2.62. The Morgan fingerprint density at radius 2 is 2.06 bits per heavy atom. The Kier molecular flexibility index (Phi) is 4.11. The summed E-state index contributed by atoms with van der Waals surface area (Å²) in [7, 11) is 1.36. The molecule has 1 aliphatic carbocycles. The van der Waals surface area contributed by atoms with Crippen molar-refractivity contribution in [3.05, 3.63) is 28.5 Å². The third-order valence-corrected chi connectivity index (χ3v) is 3.81. The molecule has 2 unspecified atom stereocenters. The van der Waals surface area contributed by atoms with Gasteiger partial charge in [0.25, 0.3) is 0 Å². The van der Waals surface area contributed by atoms with Gasteiger partial charge in [-0.25, -0.2) is 0 Å². The Morgan fingerprint density at radius 1 is 1.33 bits per heavy atom. The highest BCUT2D eigenvalue weighted by molar-refractivity contribution is 9.10. The number of ether oxygens (including phenoxy) is 1. The van der Waals surface area contributed by atoms with Gasteiger partial charge in [0.1, 0.15) is 5.69 Å². The van der Waals surface area contributed by atoms with Crippen LogP contribution in [0.25, 0.3) is 0 Å². The summed E-state index contributed by atoms with van der Waals surface area (Å²) >= 11 is 3.28. The molecule has 18 heavy (non-hydrogen) atoms. The van der Waals surface area contributed by atoms with E-state index in [1.165, 1.54) is 7.11 Å². The highest BCUT2D eigenvalue weighted by atomic mass is 79.9. The number of ketones is 1. The number of hydrogen-bond acceptors (Lipinski definition) is 4. The fourth-order valence-electron chi connectivity index (χ4n) is 2.42. The average Bonchev–Trinajstić information content (AvgIpc) is 2.87. The summed E-state index contributed by atoms with van der Waals surface area (Å²) in [5, 5.41) is 0. The number of pyridine rings is 1. The predicted molar refractivity (Wildman–Crippen MR) is 69.1 cm³/mol. The molecule has 1 aromatic rings. The molecule has 2 atom stereocenters. The van der Waals surface area contributed by atoms with E-state index in [0.29, 0.717) is 5.69 Å². The van der Waals surface area contributed by atoms with E-state index in [2.05, 4.69) is 20.9 Å². The molecule has 0 radical (unpaired) electrons. The van der Waals surface area contributed by atoms with Crippen LogP contribution >= 0.6 is 15.9 Å². The van der Waals surface area contributed by atoms with Gasteiger partial charge in [-0.05, 0) is 40.9 Å². The summed E-state index contributed by atoms with van der Waals surface area (Å²) < 4.78 is 5.58.